The van der Waals surface area contributed by atoms with E-state index in [0.717, 1.165) is 6.07 Å². The normalized spacial score (nSPS) is 11.7. The van der Waals surface area contributed by atoms with Crippen molar-refractivity contribution in [3.8, 4) is 0 Å². The van der Waals surface area contributed by atoms with E-state index in [-0.39, 0.29) is 18.6 Å². The van der Waals surface area contributed by atoms with Gasteiger partial charge in [-0.05, 0) is 30.5 Å². The summed E-state index contributed by atoms with van der Waals surface area (Å²) in [5.74, 6) is -6.61. The lowest BCUT2D eigenvalue weighted by atomic mass is 10.2. The van der Waals surface area contributed by atoms with Crippen LogP contribution in [-0.2, 0) is 14.3 Å². The summed E-state index contributed by atoms with van der Waals surface area (Å²) in [6, 6.07) is 4.84. The molecule has 0 radical (unpaired) electrons. The molecule has 2 rings (SSSR count). The van der Waals surface area contributed by atoms with Gasteiger partial charge in [0.25, 0.3) is 5.91 Å². The van der Waals surface area contributed by atoms with Crippen LogP contribution in [0.5, 0.6) is 0 Å². The highest BCUT2D eigenvalue weighted by Crippen LogP contribution is 2.20. The van der Waals surface area contributed by atoms with E-state index in [9.17, 15) is 27.6 Å². The summed E-state index contributed by atoms with van der Waals surface area (Å²) in [4.78, 5) is 35.9. The summed E-state index contributed by atoms with van der Waals surface area (Å²) < 4.78 is 44.4. The molecule has 138 valence electrons. The summed E-state index contributed by atoms with van der Waals surface area (Å²) in [5.41, 5.74) is -0.579. The molecule has 5 nitrogen and oxygen atoms in total. The maximum atomic E-state index is 13.5. The number of rotatable bonds is 7. The second-order valence-corrected chi connectivity index (χ2v) is 6.19. The van der Waals surface area contributed by atoms with Crippen molar-refractivity contribution in [2.24, 2.45) is 0 Å². The van der Waals surface area contributed by atoms with E-state index >= 15 is 0 Å². The Kier molecular flexibility index (Phi) is 6.51. The van der Waals surface area contributed by atoms with Gasteiger partial charge >= 0.3 is 5.97 Å². The minimum absolute atomic E-state index is 0.0779. The third kappa shape index (κ3) is 4.92. The highest BCUT2D eigenvalue weighted by atomic mass is 32.1. The molecule has 1 atom stereocenters. The largest absolute Gasteiger partial charge is 0.453 e. The van der Waals surface area contributed by atoms with Crippen LogP contribution in [-0.4, -0.2) is 23.8 Å². The van der Waals surface area contributed by atoms with Crippen LogP contribution in [0.3, 0.4) is 0 Å². The van der Waals surface area contributed by atoms with Crippen LogP contribution in [0.15, 0.2) is 29.6 Å². The van der Waals surface area contributed by atoms with Gasteiger partial charge in [0.05, 0.1) is 17.0 Å². The summed E-state index contributed by atoms with van der Waals surface area (Å²) in [5, 5.41) is 3.74. The minimum atomic E-state index is -1.72. The molecule has 0 aliphatic heterocycles. The molecule has 26 heavy (non-hydrogen) atoms. The fraction of sp³-hybridized carbons (Fsp3) is 0.235. The third-order valence-electron chi connectivity index (χ3n) is 3.32. The third-order valence-corrected chi connectivity index (χ3v) is 4.23. The van der Waals surface area contributed by atoms with Gasteiger partial charge in [-0.15, -0.1) is 11.3 Å². The predicted molar refractivity (Wildman–Crippen MR) is 88.4 cm³/mol. The van der Waals surface area contributed by atoms with Crippen LogP contribution in [0.1, 0.15) is 29.4 Å². The second kappa shape index (κ2) is 8.61. The quantitative estimate of drug-likeness (QED) is 0.448. The van der Waals surface area contributed by atoms with Gasteiger partial charge in [0, 0.05) is 6.42 Å². The number of hydrogen-bond acceptors (Lipinski definition) is 5. The Morgan fingerprint density at radius 2 is 1.85 bits per heavy atom. The van der Waals surface area contributed by atoms with Crippen LogP contribution < -0.4 is 5.32 Å². The lowest BCUT2D eigenvalue weighted by molar-refractivity contribution is -0.153. The number of carbonyl (C=O) groups excluding carboxylic acids is 3. The van der Waals surface area contributed by atoms with Crippen molar-refractivity contribution in [1.29, 1.82) is 0 Å². The lowest BCUT2D eigenvalue weighted by Crippen LogP contribution is -2.30. The predicted octanol–water partition coefficient (Wildman–Crippen LogP) is 3.70. The molecule has 0 fully saturated rings. The first-order valence-electron chi connectivity index (χ1n) is 7.50. The zero-order valence-electron chi connectivity index (χ0n) is 13.6. The van der Waals surface area contributed by atoms with E-state index in [1.54, 1.807) is 17.5 Å². The number of amides is 1. The number of nitrogens with one attached hydrogen (secondary N) is 1. The number of halogens is 3. The number of ether oxygens (including phenoxy) is 1. The van der Waals surface area contributed by atoms with Crippen molar-refractivity contribution in [2.45, 2.75) is 25.9 Å². The maximum absolute atomic E-state index is 13.5. The van der Waals surface area contributed by atoms with E-state index in [0.29, 0.717) is 10.9 Å². The van der Waals surface area contributed by atoms with Crippen molar-refractivity contribution in [2.75, 3.05) is 5.32 Å². The molecule has 1 aromatic carbocycles. The Morgan fingerprint density at radius 3 is 2.50 bits per heavy atom. The topological polar surface area (TPSA) is 72.5 Å². The first-order chi connectivity index (χ1) is 12.3. The smallest absolute Gasteiger partial charge is 0.307 e. The standard InChI is InChI=1S/C17H14F3NO4S/c1-9(17(24)21-11-5-4-10(18)15(19)16(11)20)25-14(23)7-6-12(22)13-3-2-8-26-13/h2-5,8-9H,6-7H2,1H3,(H,21,24)/t9-/m0/s1. The fourth-order valence-electron chi connectivity index (χ4n) is 1.94. The fourth-order valence-corrected chi connectivity index (χ4v) is 2.64. The number of benzene rings is 1. The van der Waals surface area contributed by atoms with E-state index in [1.165, 1.54) is 18.3 Å². The van der Waals surface area contributed by atoms with Crippen molar-refractivity contribution in [3.63, 3.8) is 0 Å². The van der Waals surface area contributed by atoms with Crippen molar-refractivity contribution in [1.82, 2.24) is 0 Å². The van der Waals surface area contributed by atoms with Crippen molar-refractivity contribution < 1.29 is 32.3 Å². The zero-order valence-corrected chi connectivity index (χ0v) is 14.4. The monoisotopic (exact) mass is 385 g/mol. The molecule has 0 aliphatic carbocycles. The molecule has 1 aromatic heterocycles. The van der Waals surface area contributed by atoms with Gasteiger partial charge in [-0.25, -0.2) is 13.2 Å². The Hall–Kier alpha value is -2.68. The molecule has 0 saturated heterocycles. The molecule has 1 N–H and O–H groups in total. The van der Waals surface area contributed by atoms with Gasteiger partial charge in [-0.3, -0.25) is 14.4 Å². The van der Waals surface area contributed by atoms with Crippen LogP contribution in [0.4, 0.5) is 18.9 Å². The van der Waals surface area contributed by atoms with Crippen LogP contribution in [0, 0.1) is 17.5 Å². The van der Waals surface area contributed by atoms with E-state index in [1.807, 2.05) is 5.32 Å². The summed E-state index contributed by atoms with van der Waals surface area (Å²) in [7, 11) is 0. The number of hydrogen-bond donors (Lipinski definition) is 1. The lowest BCUT2D eigenvalue weighted by Gasteiger charge is -2.14. The number of ketones is 1. The zero-order chi connectivity index (χ0) is 19.3. The van der Waals surface area contributed by atoms with Gasteiger partial charge in [-0.2, -0.15) is 0 Å². The number of anilines is 1. The molecular formula is C17H14F3NO4S. The molecule has 0 aliphatic rings. The number of carbonyl (C=O) groups is 3. The molecule has 9 heteroatoms. The molecule has 2 aromatic rings. The number of Topliss-reactive ketones (excluding diaryl/α,β-unsaturated/α-hetero) is 1. The molecule has 0 unspecified atom stereocenters. The number of esters is 1. The molecule has 0 bridgehead atoms. The highest BCUT2D eigenvalue weighted by molar-refractivity contribution is 7.12. The van der Waals surface area contributed by atoms with Crippen LogP contribution in [0.2, 0.25) is 0 Å². The Bertz CT molecular complexity index is 824. The van der Waals surface area contributed by atoms with Gasteiger partial charge in [-0.1, -0.05) is 6.07 Å². The molecule has 1 amide bonds. The second-order valence-electron chi connectivity index (χ2n) is 5.24. The van der Waals surface area contributed by atoms with Crippen LogP contribution >= 0.6 is 11.3 Å². The van der Waals surface area contributed by atoms with Crippen LogP contribution in [0.25, 0.3) is 0 Å². The first kappa shape index (κ1) is 19.6. The Labute approximate surface area is 150 Å². The van der Waals surface area contributed by atoms with Crippen molar-refractivity contribution >= 4 is 34.7 Å². The van der Waals surface area contributed by atoms with Gasteiger partial charge < -0.3 is 10.1 Å². The molecular weight excluding hydrogens is 371 g/mol. The van der Waals surface area contributed by atoms with E-state index < -0.39 is 41.1 Å². The van der Waals surface area contributed by atoms with Gasteiger partial charge in [0.15, 0.2) is 29.3 Å². The van der Waals surface area contributed by atoms with Gasteiger partial charge in [0.2, 0.25) is 0 Å². The average molecular weight is 385 g/mol. The molecule has 0 saturated carbocycles. The summed E-state index contributed by atoms with van der Waals surface area (Å²) >= 11 is 1.25. The maximum Gasteiger partial charge on any atom is 0.307 e. The SMILES string of the molecule is C[C@H](OC(=O)CCC(=O)c1cccs1)C(=O)Nc1ccc(F)c(F)c1F. The Balaban J connectivity index is 1.85. The van der Waals surface area contributed by atoms with Gasteiger partial charge in [0.1, 0.15) is 0 Å². The molecule has 1 heterocycles. The number of thiophene rings is 1. The van der Waals surface area contributed by atoms with Crippen molar-refractivity contribution in [3.05, 3.63) is 52.0 Å². The average Bonchev–Trinajstić information content (AvgIpc) is 3.14. The van der Waals surface area contributed by atoms with E-state index in [4.69, 9.17) is 4.74 Å². The summed E-state index contributed by atoms with van der Waals surface area (Å²) in [6.07, 6.45) is -1.62. The summed E-state index contributed by atoms with van der Waals surface area (Å²) in [6.45, 7) is 1.23. The van der Waals surface area contributed by atoms with E-state index in [2.05, 4.69) is 0 Å². The highest BCUT2D eigenvalue weighted by Gasteiger charge is 2.21. The minimum Gasteiger partial charge on any atom is -0.453 e. The first-order valence-corrected chi connectivity index (χ1v) is 8.38. The Morgan fingerprint density at radius 1 is 1.12 bits per heavy atom. The molecule has 0 spiro atoms.